The van der Waals surface area contributed by atoms with E-state index in [1.807, 2.05) is 0 Å². The number of benzene rings is 1. The fourth-order valence-corrected chi connectivity index (χ4v) is 4.41. The van der Waals surface area contributed by atoms with Crippen LogP contribution in [-0.4, -0.2) is 42.1 Å². The fourth-order valence-electron chi connectivity index (χ4n) is 2.70. The molecule has 0 fully saturated rings. The summed E-state index contributed by atoms with van der Waals surface area (Å²) in [5.41, 5.74) is 1.94. The fraction of sp³-hybridized carbons (Fsp3) is 0.200. The van der Waals surface area contributed by atoms with Gasteiger partial charge in [0.05, 0.1) is 21.1 Å². The summed E-state index contributed by atoms with van der Waals surface area (Å²) in [6.07, 6.45) is 0. The Hall–Kier alpha value is -2.28. The molecule has 0 saturated heterocycles. The predicted octanol–water partition coefficient (Wildman–Crippen LogP) is 5.06. The zero-order valence-corrected chi connectivity index (χ0v) is 16.4. The summed E-state index contributed by atoms with van der Waals surface area (Å²) in [5.74, 6) is 0.685. The van der Waals surface area contributed by atoms with E-state index in [0.29, 0.717) is 5.95 Å². The van der Waals surface area contributed by atoms with Gasteiger partial charge in [-0.1, -0.05) is 24.3 Å². The molecule has 0 atom stereocenters. The molecule has 0 saturated carbocycles. The van der Waals surface area contributed by atoms with E-state index in [9.17, 15) is 0 Å². The highest BCUT2D eigenvalue weighted by Crippen LogP contribution is 2.35. The van der Waals surface area contributed by atoms with E-state index in [0.717, 1.165) is 29.4 Å². The molecule has 1 aromatic carbocycles. The Kier molecular flexibility index (Phi) is 4.97. The predicted molar refractivity (Wildman–Crippen MR) is 113 cm³/mol. The summed E-state index contributed by atoms with van der Waals surface area (Å²) >= 11 is 3.47. The molecular formula is C20H20N4S2. The zero-order chi connectivity index (χ0) is 17.9. The summed E-state index contributed by atoms with van der Waals surface area (Å²) in [5, 5.41) is 6.70. The molecule has 3 aromatic heterocycles. The van der Waals surface area contributed by atoms with E-state index in [1.165, 1.54) is 15.0 Å². The molecule has 6 heteroatoms. The molecule has 0 aliphatic carbocycles. The van der Waals surface area contributed by atoms with Crippen LogP contribution in [-0.2, 0) is 0 Å². The van der Waals surface area contributed by atoms with Crippen molar-refractivity contribution in [2.45, 2.75) is 0 Å². The van der Waals surface area contributed by atoms with Crippen LogP contribution < -0.4 is 5.32 Å². The van der Waals surface area contributed by atoms with Crippen molar-refractivity contribution in [1.29, 1.82) is 0 Å². The molecule has 1 N–H and O–H groups in total. The Bertz CT molecular complexity index is 973. The molecule has 0 aliphatic heterocycles. The summed E-state index contributed by atoms with van der Waals surface area (Å²) in [6, 6.07) is 16.9. The van der Waals surface area contributed by atoms with Gasteiger partial charge >= 0.3 is 0 Å². The summed E-state index contributed by atoms with van der Waals surface area (Å²) in [4.78, 5) is 14.0. The van der Waals surface area contributed by atoms with Crippen molar-refractivity contribution >= 4 is 38.7 Å². The number of nitrogens with zero attached hydrogens (tertiary/aromatic N) is 3. The maximum absolute atomic E-state index is 4.78. The third-order valence-corrected chi connectivity index (χ3v) is 6.05. The summed E-state index contributed by atoms with van der Waals surface area (Å²) in [7, 11) is 4.13. The molecule has 0 aliphatic rings. The van der Waals surface area contributed by atoms with Crippen LogP contribution >= 0.6 is 22.7 Å². The van der Waals surface area contributed by atoms with Gasteiger partial charge < -0.3 is 10.2 Å². The first-order chi connectivity index (χ1) is 12.7. The van der Waals surface area contributed by atoms with Crippen LogP contribution in [0.15, 0.2) is 53.9 Å². The highest BCUT2D eigenvalue weighted by atomic mass is 32.1. The SMILES string of the molecule is CN(C)CCNc1nc(-c2cccs2)cc(-c2cc3ccccc3s2)n1. The van der Waals surface area contributed by atoms with E-state index >= 15 is 0 Å². The summed E-state index contributed by atoms with van der Waals surface area (Å²) < 4.78 is 1.28. The lowest BCUT2D eigenvalue weighted by Gasteiger charge is -2.11. The third-order valence-electron chi connectivity index (χ3n) is 4.02. The van der Waals surface area contributed by atoms with Crippen LogP contribution in [0.25, 0.3) is 31.2 Å². The molecule has 3 heterocycles. The van der Waals surface area contributed by atoms with Crippen LogP contribution in [0.2, 0.25) is 0 Å². The first-order valence-corrected chi connectivity index (χ1v) is 10.2. The van der Waals surface area contributed by atoms with Gasteiger partial charge in [-0.15, -0.1) is 22.7 Å². The van der Waals surface area contributed by atoms with Crippen LogP contribution in [0.1, 0.15) is 0 Å². The minimum atomic E-state index is 0.685. The Morgan fingerprint density at radius 1 is 0.962 bits per heavy atom. The van der Waals surface area contributed by atoms with Gasteiger partial charge in [0.25, 0.3) is 0 Å². The molecule has 0 radical (unpaired) electrons. The van der Waals surface area contributed by atoms with Crippen molar-refractivity contribution < 1.29 is 0 Å². The largest absolute Gasteiger partial charge is 0.353 e. The van der Waals surface area contributed by atoms with Crippen LogP contribution in [0.4, 0.5) is 5.95 Å². The lowest BCUT2D eigenvalue weighted by molar-refractivity contribution is 0.425. The highest BCUT2D eigenvalue weighted by Gasteiger charge is 2.11. The topological polar surface area (TPSA) is 41.0 Å². The van der Waals surface area contributed by atoms with Gasteiger partial charge in [0.1, 0.15) is 0 Å². The Morgan fingerprint density at radius 3 is 2.50 bits per heavy atom. The third kappa shape index (κ3) is 3.77. The standard InChI is InChI=1S/C20H20N4S2/c1-24(2)10-9-21-20-22-15(18-8-5-11-25-18)13-16(23-20)19-12-14-6-3-4-7-17(14)26-19/h3-8,11-13H,9-10H2,1-2H3,(H,21,22,23). The lowest BCUT2D eigenvalue weighted by atomic mass is 10.2. The second-order valence-corrected chi connectivity index (χ2v) is 8.35. The second kappa shape index (κ2) is 7.53. The number of anilines is 1. The van der Waals surface area contributed by atoms with E-state index in [1.54, 1.807) is 22.7 Å². The second-order valence-electron chi connectivity index (χ2n) is 6.32. The van der Waals surface area contributed by atoms with Gasteiger partial charge in [0.15, 0.2) is 0 Å². The van der Waals surface area contributed by atoms with Crippen molar-refractivity contribution in [1.82, 2.24) is 14.9 Å². The number of hydrogen-bond donors (Lipinski definition) is 1. The minimum absolute atomic E-state index is 0.685. The van der Waals surface area contributed by atoms with Crippen molar-refractivity contribution in [3.63, 3.8) is 0 Å². The maximum atomic E-state index is 4.78. The molecule has 4 aromatic rings. The quantitative estimate of drug-likeness (QED) is 0.508. The van der Waals surface area contributed by atoms with Crippen LogP contribution in [0, 0.1) is 0 Å². The molecule has 0 bridgehead atoms. The van der Waals surface area contributed by atoms with Crippen molar-refractivity contribution in [2.24, 2.45) is 0 Å². The van der Waals surface area contributed by atoms with E-state index in [2.05, 4.69) is 78.2 Å². The minimum Gasteiger partial charge on any atom is -0.353 e. The van der Waals surface area contributed by atoms with Gasteiger partial charge in [-0.25, -0.2) is 9.97 Å². The molecule has 0 unspecified atom stereocenters. The molecule has 0 spiro atoms. The number of fused-ring (bicyclic) bond motifs is 1. The van der Waals surface area contributed by atoms with E-state index in [4.69, 9.17) is 9.97 Å². The molecule has 4 rings (SSSR count). The zero-order valence-electron chi connectivity index (χ0n) is 14.8. The monoisotopic (exact) mass is 380 g/mol. The molecular weight excluding hydrogens is 360 g/mol. The van der Waals surface area contributed by atoms with Crippen molar-refractivity contribution in [3.05, 3.63) is 53.9 Å². The Morgan fingerprint density at radius 2 is 1.77 bits per heavy atom. The maximum Gasteiger partial charge on any atom is 0.223 e. The van der Waals surface area contributed by atoms with Crippen LogP contribution in [0.3, 0.4) is 0 Å². The Balaban J connectivity index is 1.73. The average Bonchev–Trinajstić information content (AvgIpc) is 3.31. The average molecular weight is 381 g/mol. The Labute approximate surface area is 161 Å². The van der Waals surface area contributed by atoms with Gasteiger partial charge in [0, 0.05) is 17.8 Å². The number of rotatable bonds is 6. The number of thiophene rings is 2. The van der Waals surface area contributed by atoms with Gasteiger partial charge in [-0.05, 0) is 49.1 Å². The molecule has 4 nitrogen and oxygen atoms in total. The van der Waals surface area contributed by atoms with Gasteiger partial charge in [-0.3, -0.25) is 0 Å². The van der Waals surface area contributed by atoms with Gasteiger partial charge in [-0.2, -0.15) is 0 Å². The van der Waals surface area contributed by atoms with Crippen molar-refractivity contribution in [3.8, 4) is 21.1 Å². The van der Waals surface area contributed by atoms with Crippen molar-refractivity contribution in [2.75, 3.05) is 32.5 Å². The van der Waals surface area contributed by atoms with E-state index in [-0.39, 0.29) is 0 Å². The first-order valence-electron chi connectivity index (χ1n) is 8.49. The molecule has 26 heavy (non-hydrogen) atoms. The first kappa shape index (κ1) is 17.1. The lowest BCUT2D eigenvalue weighted by Crippen LogP contribution is -2.21. The highest BCUT2D eigenvalue weighted by molar-refractivity contribution is 7.22. The normalized spacial score (nSPS) is 11.3. The van der Waals surface area contributed by atoms with E-state index < -0.39 is 0 Å². The van der Waals surface area contributed by atoms with Crippen LogP contribution in [0.5, 0.6) is 0 Å². The molecule has 0 amide bonds. The number of likely N-dealkylation sites (N-methyl/N-ethyl adjacent to an activating group) is 1. The number of aromatic nitrogens is 2. The smallest absolute Gasteiger partial charge is 0.223 e. The number of hydrogen-bond acceptors (Lipinski definition) is 6. The molecule has 132 valence electrons. The summed E-state index contributed by atoms with van der Waals surface area (Å²) in [6.45, 7) is 1.75. The number of nitrogens with one attached hydrogen (secondary N) is 1. The van der Waals surface area contributed by atoms with Gasteiger partial charge in [0.2, 0.25) is 5.95 Å².